The Morgan fingerprint density at radius 1 is 1.10 bits per heavy atom. The third-order valence-electron chi connectivity index (χ3n) is 5.09. The van der Waals surface area contributed by atoms with Gasteiger partial charge in [-0.1, -0.05) is 35.9 Å². The summed E-state index contributed by atoms with van der Waals surface area (Å²) < 4.78 is 0. The van der Waals surface area contributed by atoms with Gasteiger partial charge in [0.05, 0.1) is 16.5 Å². The Bertz CT molecular complexity index is 1220. The molecule has 1 amide bonds. The molecule has 0 aliphatic carbocycles. The highest BCUT2D eigenvalue weighted by atomic mass is 16.6. The van der Waals surface area contributed by atoms with Gasteiger partial charge in [0.1, 0.15) is 5.76 Å². The number of ketones is 1. The van der Waals surface area contributed by atoms with Gasteiger partial charge in [-0.15, -0.1) is 0 Å². The van der Waals surface area contributed by atoms with Crippen molar-refractivity contribution in [2.45, 2.75) is 13.0 Å². The van der Waals surface area contributed by atoms with Crippen molar-refractivity contribution < 1.29 is 19.6 Å². The highest BCUT2D eigenvalue weighted by Gasteiger charge is 2.47. The number of benzene rings is 2. The van der Waals surface area contributed by atoms with Crippen LogP contribution in [0.25, 0.3) is 5.76 Å². The summed E-state index contributed by atoms with van der Waals surface area (Å²) in [5.41, 5.74) is 1.67. The molecule has 154 valence electrons. The van der Waals surface area contributed by atoms with E-state index in [1.165, 1.54) is 29.3 Å². The average Bonchev–Trinajstić information content (AvgIpc) is 3.05. The van der Waals surface area contributed by atoms with E-state index in [2.05, 4.69) is 4.98 Å². The average molecular weight is 415 g/mol. The molecule has 1 N–H and O–H groups in total. The monoisotopic (exact) mass is 415 g/mol. The highest BCUT2D eigenvalue weighted by Crippen LogP contribution is 2.42. The van der Waals surface area contributed by atoms with Crippen molar-refractivity contribution >= 4 is 28.8 Å². The molecule has 2 aromatic carbocycles. The molecule has 31 heavy (non-hydrogen) atoms. The number of anilines is 1. The van der Waals surface area contributed by atoms with Crippen LogP contribution in [0, 0.1) is 17.0 Å². The van der Waals surface area contributed by atoms with Crippen molar-refractivity contribution in [1.82, 2.24) is 4.98 Å². The number of hydrogen-bond acceptors (Lipinski definition) is 6. The summed E-state index contributed by atoms with van der Waals surface area (Å²) in [5, 5.41) is 22.1. The molecule has 0 saturated carbocycles. The minimum atomic E-state index is -0.935. The van der Waals surface area contributed by atoms with E-state index in [-0.39, 0.29) is 16.8 Å². The number of pyridine rings is 1. The second kappa shape index (κ2) is 7.83. The third kappa shape index (κ3) is 3.55. The van der Waals surface area contributed by atoms with Crippen LogP contribution in [-0.2, 0) is 9.59 Å². The fraction of sp³-hybridized carbons (Fsp3) is 0.0870. The SMILES string of the molecule is Cc1ccc(N2C(=O)C(=O)/C(=C(\O)c3cccc([N+](=O)[O-])c3)C2c2cccnc2)cc1. The molecule has 3 aromatic rings. The number of aliphatic hydroxyl groups excluding tert-OH is 1. The maximum absolute atomic E-state index is 13.0. The van der Waals surface area contributed by atoms with Crippen molar-refractivity contribution in [2.24, 2.45) is 0 Å². The summed E-state index contributed by atoms with van der Waals surface area (Å²) in [4.78, 5) is 41.9. The molecule has 1 aliphatic heterocycles. The fourth-order valence-electron chi connectivity index (χ4n) is 3.58. The van der Waals surface area contributed by atoms with Crippen LogP contribution in [-0.4, -0.2) is 26.7 Å². The van der Waals surface area contributed by atoms with Gasteiger partial charge in [-0.25, -0.2) is 0 Å². The standard InChI is InChI=1S/C23H17N3O5/c1-14-7-9-17(10-8-14)25-20(16-5-3-11-24-13-16)19(22(28)23(25)29)21(27)15-4-2-6-18(12-15)26(30)31/h2-13,20,27H,1H3/b21-19-. The van der Waals surface area contributed by atoms with Gasteiger partial charge >= 0.3 is 0 Å². The Morgan fingerprint density at radius 3 is 2.48 bits per heavy atom. The van der Waals surface area contributed by atoms with Gasteiger partial charge in [-0.3, -0.25) is 29.6 Å². The topological polar surface area (TPSA) is 114 Å². The Hall–Kier alpha value is -4.33. The predicted molar refractivity (Wildman–Crippen MR) is 113 cm³/mol. The zero-order valence-corrected chi connectivity index (χ0v) is 16.4. The van der Waals surface area contributed by atoms with Crippen LogP contribution in [0.15, 0.2) is 78.6 Å². The number of rotatable bonds is 4. The van der Waals surface area contributed by atoms with E-state index in [1.54, 1.807) is 30.5 Å². The molecule has 1 unspecified atom stereocenters. The van der Waals surface area contributed by atoms with Crippen LogP contribution < -0.4 is 4.90 Å². The second-order valence-corrected chi connectivity index (χ2v) is 7.10. The first-order valence-corrected chi connectivity index (χ1v) is 9.41. The smallest absolute Gasteiger partial charge is 0.300 e. The molecule has 8 nitrogen and oxygen atoms in total. The van der Waals surface area contributed by atoms with Gasteiger partial charge in [0, 0.05) is 35.8 Å². The van der Waals surface area contributed by atoms with Crippen LogP contribution >= 0.6 is 0 Å². The van der Waals surface area contributed by atoms with Gasteiger partial charge in [-0.05, 0) is 30.7 Å². The Morgan fingerprint density at radius 2 is 1.84 bits per heavy atom. The van der Waals surface area contributed by atoms with E-state index in [0.29, 0.717) is 11.3 Å². The molecule has 4 rings (SSSR count). The van der Waals surface area contributed by atoms with Crippen molar-refractivity contribution in [3.63, 3.8) is 0 Å². The van der Waals surface area contributed by atoms with Crippen molar-refractivity contribution in [3.05, 3.63) is 105 Å². The van der Waals surface area contributed by atoms with Gasteiger partial charge in [0.25, 0.3) is 17.4 Å². The van der Waals surface area contributed by atoms with Gasteiger partial charge in [0.2, 0.25) is 0 Å². The number of aliphatic hydroxyl groups is 1. The summed E-state index contributed by atoms with van der Waals surface area (Å²) in [6.07, 6.45) is 3.07. The summed E-state index contributed by atoms with van der Waals surface area (Å²) in [6.45, 7) is 1.90. The van der Waals surface area contributed by atoms with E-state index in [9.17, 15) is 24.8 Å². The number of non-ortho nitro benzene ring substituents is 1. The van der Waals surface area contributed by atoms with E-state index in [0.717, 1.165) is 11.6 Å². The molecule has 2 heterocycles. The van der Waals surface area contributed by atoms with Gasteiger partial charge < -0.3 is 5.11 Å². The molecule has 1 aliphatic rings. The van der Waals surface area contributed by atoms with Crippen LogP contribution in [0.2, 0.25) is 0 Å². The second-order valence-electron chi connectivity index (χ2n) is 7.10. The Balaban J connectivity index is 1.93. The van der Waals surface area contributed by atoms with Crippen molar-refractivity contribution in [3.8, 4) is 0 Å². The third-order valence-corrected chi connectivity index (χ3v) is 5.09. The maximum atomic E-state index is 13.0. The summed E-state index contributed by atoms with van der Waals surface area (Å²) in [5.74, 6) is -2.16. The number of Topliss-reactive ketones (excluding diaryl/α,β-unsaturated/α-hetero) is 1. The van der Waals surface area contributed by atoms with E-state index in [1.807, 2.05) is 19.1 Å². The Labute approximate surface area is 177 Å². The predicted octanol–water partition coefficient (Wildman–Crippen LogP) is 3.92. The first-order valence-electron chi connectivity index (χ1n) is 9.41. The van der Waals surface area contributed by atoms with E-state index >= 15 is 0 Å². The van der Waals surface area contributed by atoms with Crippen LogP contribution in [0.4, 0.5) is 11.4 Å². The molecular weight excluding hydrogens is 398 g/mol. The summed E-state index contributed by atoms with van der Waals surface area (Å²) >= 11 is 0. The van der Waals surface area contributed by atoms with Crippen LogP contribution in [0.5, 0.6) is 0 Å². The summed E-state index contributed by atoms with van der Waals surface area (Å²) in [7, 11) is 0. The lowest BCUT2D eigenvalue weighted by atomic mass is 9.96. The number of hydrogen-bond donors (Lipinski definition) is 1. The highest BCUT2D eigenvalue weighted by molar-refractivity contribution is 6.51. The zero-order valence-electron chi connectivity index (χ0n) is 16.4. The van der Waals surface area contributed by atoms with Crippen LogP contribution in [0.1, 0.15) is 22.7 Å². The molecule has 1 fully saturated rings. The molecule has 0 spiro atoms. The number of carbonyl (C=O) groups excluding carboxylic acids is 2. The zero-order chi connectivity index (χ0) is 22.1. The number of aryl methyl sites for hydroxylation is 1. The molecule has 1 atom stereocenters. The maximum Gasteiger partial charge on any atom is 0.300 e. The lowest BCUT2D eigenvalue weighted by Crippen LogP contribution is -2.29. The van der Waals surface area contributed by atoms with E-state index < -0.39 is 28.4 Å². The van der Waals surface area contributed by atoms with Crippen LogP contribution in [0.3, 0.4) is 0 Å². The van der Waals surface area contributed by atoms with Gasteiger partial charge in [0.15, 0.2) is 0 Å². The number of amides is 1. The largest absolute Gasteiger partial charge is 0.507 e. The molecule has 0 radical (unpaired) electrons. The molecule has 1 aromatic heterocycles. The lowest BCUT2D eigenvalue weighted by Gasteiger charge is -2.25. The lowest BCUT2D eigenvalue weighted by molar-refractivity contribution is -0.384. The van der Waals surface area contributed by atoms with Crippen molar-refractivity contribution in [1.29, 1.82) is 0 Å². The quantitative estimate of drug-likeness (QED) is 0.227. The number of aromatic nitrogens is 1. The number of nitro groups is 1. The Kier molecular flexibility index (Phi) is 5.04. The minimum absolute atomic E-state index is 0.0741. The fourth-order valence-corrected chi connectivity index (χ4v) is 3.58. The van der Waals surface area contributed by atoms with Gasteiger partial charge in [-0.2, -0.15) is 0 Å². The summed E-state index contributed by atoms with van der Waals surface area (Å²) in [6, 6.07) is 14.8. The normalized spacial score (nSPS) is 17.7. The van der Waals surface area contributed by atoms with Crippen molar-refractivity contribution in [2.75, 3.05) is 4.90 Å². The first-order chi connectivity index (χ1) is 14.9. The minimum Gasteiger partial charge on any atom is -0.507 e. The molecular formula is C23H17N3O5. The number of nitrogens with zero attached hydrogens (tertiary/aromatic N) is 3. The van der Waals surface area contributed by atoms with E-state index in [4.69, 9.17) is 0 Å². The molecule has 0 bridgehead atoms. The first kappa shape index (κ1) is 20.0. The number of carbonyl (C=O) groups is 2. The molecule has 8 heteroatoms. The number of nitro benzene ring substituents is 1. The molecule has 1 saturated heterocycles.